The molecule has 0 aliphatic heterocycles. The Kier molecular flexibility index (Phi) is 6.18. The molecule has 0 saturated carbocycles. The van der Waals surface area contributed by atoms with Crippen molar-refractivity contribution in [2.45, 2.75) is 13.8 Å². The molecule has 0 bridgehead atoms. The Morgan fingerprint density at radius 2 is 2.28 bits per heavy atom. The van der Waals surface area contributed by atoms with Crippen molar-refractivity contribution in [2.75, 3.05) is 31.7 Å². The largest absolute Gasteiger partial charge is 0.383 e. The molecular weight excluding hydrogens is 228 g/mol. The first-order valence-corrected chi connectivity index (χ1v) is 6.07. The third kappa shape index (κ3) is 4.01. The zero-order valence-corrected chi connectivity index (χ0v) is 11.3. The zero-order valence-electron chi connectivity index (χ0n) is 11.3. The van der Waals surface area contributed by atoms with Crippen molar-refractivity contribution in [1.29, 1.82) is 0 Å². The molecule has 0 unspecified atom stereocenters. The van der Waals surface area contributed by atoms with E-state index in [1.165, 1.54) is 5.56 Å². The van der Waals surface area contributed by atoms with E-state index in [2.05, 4.69) is 36.4 Å². The smallest absolute Gasteiger partial charge is 0.213 e. The van der Waals surface area contributed by atoms with Gasteiger partial charge in [-0.1, -0.05) is 12.1 Å². The second-order valence-electron chi connectivity index (χ2n) is 3.93. The summed E-state index contributed by atoms with van der Waals surface area (Å²) in [7, 11) is 1.66. The number of aliphatic imine (C=N–C) groups is 1. The van der Waals surface area contributed by atoms with Crippen LogP contribution in [0.3, 0.4) is 0 Å². The molecule has 18 heavy (non-hydrogen) atoms. The second-order valence-corrected chi connectivity index (χ2v) is 3.93. The first kappa shape index (κ1) is 14.5. The van der Waals surface area contributed by atoms with Gasteiger partial charge in [0.2, 0.25) is 5.96 Å². The van der Waals surface area contributed by atoms with Gasteiger partial charge in [0.25, 0.3) is 0 Å². The van der Waals surface area contributed by atoms with Crippen LogP contribution in [0, 0.1) is 6.92 Å². The quantitative estimate of drug-likeness (QED) is 0.272. The monoisotopic (exact) mass is 250 g/mol. The van der Waals surface area contributed by atoms with Crippen LogP contribution in [-0.2, 0) is 4.74 Å². The highest BCUT2D eigenvalue weighted by Crippen LogP contribution is 2.15. The highest BCUT2D eigenvalue weighted by atomic mass is 16.5. The second kappa shape index (κ2) is 7.68. The maximum absolute atomic E-state index is 5.54. The van der Waals surface area contributed by atoms with E-state index in [0.29, 0.717) is 19.1 Å². The summed E-state index contributed by atoms with van der Waals surface area (Å²) in [5, 5.41) is 0. The molecule has 5 nitrogen and oxygen atoms in total. The summed E-state index contributed by atoms with van der Waals surface area (Å²) in [6.07, 6.45) is 0. The Morgan fingerprint density at radius 1 is 1.50 bits per heavy atom. The highest BCUT2D eigenvalue weighted by Gasteiger charge is 2.10. The van der Waals surface area contributed by atoms with Gasteiger partial charge in [-0.15, -0.1) is 0 Å². The lowest BCUT2D eigenvalue weighted by Crippen LogP contribution is -2.45. The van der Waals surface area contributed by atoms with Crippen LogP contribution in [0.1, 0.15) is 12.5 Å². The maximum atomic E-state index is 5.54. The summed E-state index contributed by atoms with van der Waals surface area (Å²) >= 11 is 0. The number of rotatable bonds is 5. The number of benzene rings is 1. The number of hydrogen-bond acceptors (Lipinski definition) is 3. The normalized spacial score (nSPS) is 11.4. The third-order valence-corrected chi connectivity index (χ3v) is 2.57. The maximum Gasteiger partial charge on any atom is 0.213 e. The van der Waals surface area contributed by atoms with Crippen molar-refractivity contribution in [2.24, 2.45) is 10.8 Å². The molecule has 5 heteroatoms. The van der Waals surface area contributed by atoms with Crippen LogP contribution in [-0.4, -0.2) is 32.8 Å². The Morgan fingerprint density at radius 3 is 2.83 bits per heavy atom. The number of hydrazine groups is 1. The van der Waals surface area contributed by atoms with E-state index in [9.17, 15) is 0 Å². The number of methoxy groups -OCH3 is 1. The first-order chi connectivity index (χ1) is 8.72. The van der Waals surface area contributed by atoms with Gasteiger partial charge in [0.15, 0.2) is 0 Å². The van der Waals surface area contributed by atoms with Gasteiger partial charge in [-0.25, -0.2) is 10.8 Å². The van der Waals surface area contributed by atoms with Crippen LogP contribution >= 0.6 is 0 Å². The molecule has 1 aromatic rings. The molecule has 0 aliphatic rings. The van der Waals surface area contributed by atoms with Gasteiger partial charge in [-0.3, -0.25) is 5.43 Å². The summed E-state index contributed by atoms with van der Waals surface area (Å²) in [4.78, 5) is 6.42. The van der Waals surface area contributed by atoms with Crippen molar-refractivity contribution in [3.8, 4) is 0 Å². The highest BCUT2D eigenvalue weighted by molar-refractivity contribution is 5.95. The third-order valence-electron chi connectivity index (χ3n) is 2.57. The van der Waals surface area contributed by atoms with Gasteiger partial charge < -0.3 is 9.64 Å². The fourth-order valence-corrected chi connectivity index (χ4v) is 1.70. The Labute approximate surface area is 109 Å². The van der Waals surface area contributed by atoms with Gasteiger partial charge in [-0.05, 0) is 31.5 Å². The summed E-state index contributed by atoms with van der Waals surface area (Å²) in [5.41, 5.74) is 4.93. The van der Waals surface area contributed by atoms with Gasteiger partial charge in [0, 0.05) is 19.3 Å². The molecule has 3 N–H and O–H groups in total. The first-order valence-electron chi connectivity index (χ1n) is 6.07. The molecule has 0 heterocycles. The van der Waals surface area contributed by atoms with E-state index >= 15 is 0 Å². The summed E-state index contributed by atoms with van der Waals surface area (Å²) in [6, 6.07) is 8.23. The lowest BCUT2D eigenvalue weighted by molar-refractivity contribution is 0.208. The van der Waals surface area contributed by atoms with E-state index in [1.54, 1.807) is 7.11 Å². The molecule has 1 rings (SSSR count). The Bertz CT molecular complexity index is 392. The fourth-order valence-electron chi connectivity index (χ4n) is 1.70. The minimum absolute atomic E-state index is 0.580. The molecule has 1 aromatic carbocycles. The number of aryl methyl sites for hydroxylation is 1. The number of nitrogens with two attached hydrogens (primary N) is 1. The van der Waals surface area contributed by atoms with Gasteiger partial charge >= 0.3 is 0 Å². The van der Waals surface area contributed by atoms with Crippen LogP contribution in [0.5, 0.6) is 0 Å². The number of nitrogens with zero attached hydrogens (tertiary/aromatic N) is 2. The molecule has 0 saturated heterocycles. The van der Waals surface area contributed by atoms with Gasteiger partial charge in [-0.2, -0.15) is 0 Å². The van der Waals surface area contributed by atoms with Gasteiger partial charge in [0.05, 0.1) is 13.2 Å². The molecule has 0 aromatic heterocycles. The Balaban J connectivity index is 2.89. The minimum atomic E-state index is 0.580. The number of guanidine groups is 1. The fraction of sp³-hybridized carbons (Fsp3) is 0.462. The molecule has 100 valence electrons. The molecule has 0 fully saturated rings. The van der Waals surface area contributed by atoms with Crippen molar-refractivity contribution in [1.82, 2.24) is 5.43 Å². The average Bonchev–Trinajstić information content (AvgIpc) is 2.38. The van der Waals surface area contributed by atoms with Crippen molar-refractivity contribution < 1.29 is 4.74 Å². The predicted molar refractivity (Wildman–Crippen MR) is 75.7 cm³/mol. The van der Waals surface area contributed by atoms with Crippen LogP contribution in [0.4, 0.5) is 5.69 Å². The molecule has 0 amide bonds. The number of nitrogens with one attached hydrogen (secondary N) is 1. The van der Waals surface area contributed by atoms with E-state index in [0.717, 1.165) is 12.2 Å². The minimum Gasteiger partial charge on any atom is -0.383 e. The van der Waals surface area contributed by atoms with Crippen molar-refractivity contribution >= 4 is 11.6 Å². The number of ether oxygens (including phenoxy) is 1. The number of hydrogen-bond donors (Lipinski definition) is 2. The zero-order chi connectivity index (χ0) is 13.4. The molecule has 0 spiro atoms. The lowest BCUT2D eigenvalue weighted by Gasteiger charge is -2.24. The summed E-state index contributed by atoms with van der Waals surface area (Å²) < 4.78 is 4.98. The van der Waals surface area contributed by atoms with E-state index < -0.39 is 0 Å². The lowest BCUT2D eigenvalue weighted by atomic mass is 10.2. The Hall–Kier alpha value is -1.59. The molecule has 0 radical (unpaired) electrons. The average molecular weight is 250 g/mol. The topological polar surface area (TPSA) is 62.9 Å². The molecule has 0 aliphatic carbocycles. The van der Waals surface area contributed by atoms with Crippen LogP contribution in [0.25, 0.3) is 0 Å². The standard InChI is InChI=1S/C13H22N4O/c1-4-17(12-7-5-6-11(2)10-12)13(16-14)15-8-9-18-3/h5-7,10H,4,8-9,14H2,1-3H3,(H,15,16). The number of anilines is 1. The summed E-state index contributed by atoms with van der Waals surface area (Å²) in [5.74, 6) is 6.20. The van der Waals surface area contributed by atoms with Gasteiger partial charge in [0.1, 0.15) is 0 Å². The van der Waals surface area contributed by atoms with Crippen molar-refractivity contribution in [3.63, 3.8) is 0 Å². The van der Waals surface area contributed by atoms with E-state index in [4.69, 9.17) is 10.6 Å². The molecule has 0 atom stereocenters. The van der Waals surface area contributed by atoms with E-state index in [-0.39, 0.29) is 0 Å². The SMILES string of the molecule is CCN(C(=NCCOC)NN)c1cccc(C)c1. The molecular formula is C13H22N4O. The van der Waals surface area contributed by atoms with Crippen LogP contribution in [0.15, 0.2) is 29.3 Å². The van der Waals surface area contributed by atoms with Crippen LogP contribution in [0.2, 0.25) is 0 Å². The van der Waals surface area contributed by atoms with E-state index in [1.807, 2.05) is 17.0 Å². The van der Waals surface area contributed by atoms with Crippen LogP contribution < -0.4 is 16.2 Å². The van der Waals surface area contributed by atoms with Crippen molar-refractivity contribution in [3.05, 3.63) is 29.8 Å². The summed E-state index contributed by atoms with van der Waals surface area (Å²) in [6.45, 7) is 6.08. The predicted octanol–water partition coefficient (Wildman–Crippen LogP) is 1.29.